The monoisotopic (exact) mass is 277 g/mol. The number of hydrogen-bond donors (Lipinski definition) is 2. The van der Waals surface area contributed by atoms with Crippen LogP contribution >= 0.6 is 11.6 Å². The Morgan fingerprint density at radius 2 is 2.42 bits per heavy atom. The zero-order valence-corrected chi connectivity index (χ0v) is 11.5. The lowest BCUT2D eigenvalue weighted by molar-refractivity contribution is -0.122. The number of carbonyl (C=O) groups is 1. The van der Waals surface area contributed by atoms with Gasteiger partial charge in [0.15, 0.2) is 0 Å². The molecule has 19 heavy (non-hydrogen) atoms. The van der Waals surface area contributed by atoms with Crippen LogP contribution in [0.1, 0.15) is 31.7 Å². The number of nitrogens with zero attached hydrogens (tertiary/aromatic N) is 1. The molecule has 0 aliphatic carbocycles. The number of anilines is 1. The Morgan fingerprint density at radius 1 is 1.63 bits per heavy atom. The van der Waals surface area contributed by atoms with Crippen molar-refractivity contribution in [2.24, 2.45) is 0 Å². The average molecular weight is 278 g/mol. The summed E-state index contributed by atoms with van der Waals surface area (Å²) in [6.45, 7) is 2.85. The average Bonchev–Trinajstić information content (AvgIpc) is 2.91. The van der Waals surface area contributed by atoms with Crippen LogP contribution < -0.4 is 10.6 Å². The van der Waals surface area contributed by atoms with Crippen LogP contribution in [0, 0.1) is 11.3 Å². The van der Waals surface area contributed by atoms with Crippen LogP contribution in [-0.4, -0.2) is 18.0 Å². The second-order valence-electron chi connectivity index (χ2n) is 4.73. The molecule has 1 aromatic rings. The van der Waals surface area contributed by atoms with Gasteiger partial charge in [-0.25, -0.2) is 0 Å². The first-order chi connectivity index (χ1) is 9.11. The fourth-order valence-electron chi connectivity index (χ4n) is 2.39. The fourth-order valence-corrected chi connectivity index (χ4v) is 2.56. The predicted molar refractivity (Wildman–Crippen MR) is 75.1 cm³/mol. The van der Waals surface area contributed by atoms with E-state index in [-0.39, 0.29) is 5.91 Å². The molecular weight excluding hydrogens is 262 g/mol. The minimum Gasteiger partial charge on any atom is -0.323 e. The van der Waals surface area contributed by atoms with E-state index in [0.29, 0.717) is 16.3 Å². The number of hydrogen-bond acceptors (Lipinski definition) is 3. The van der Waals surface area contributed by atoms with Gasteiger partial charge in [-0.2, -0.15) is 5.26 Å². The zero-order chi connectivity index (χ0) is 13.9. The highest BCUT2D eigenvalue weighted by Crippen LogP contribution is 2.28. The molecule has 1 amide bonds. The van der Waals surface area contributed by atoms with Gasteiger partial charge in [-0.05, 0) is 44.0 Å². The van der Waals surface area contributed by atoms with Crippen LogP contribution in [0.25, 0.3) is 0 Å². The van der Waals surface area contributed by atoms with Gasteiger partial charge >= 0.3 is 0 Å². The van der Waals surface area contributed by atoms with Crippen LogP contribution in [-0.2, 0) is 4.79 Å². The normalized spacial score (nSPS) is 21.9. The summed E-state index contributed by atoms with van der Waals surface area (Å²) in [5.41, 5.74) is 0.461. The van der Waals surface area contributed by atoms with E-state index < -0.39 is 5.54 Å². The third-order valence-electron chi connectivity index (χ3n) is 3.63. The van der Waals surface area contributed by atoms with Crippen molar-refractivity contribution in [2.75, 3.05) is 11.9 Å². The van der Waals surface area contributed by atoms with E-state index in [9.17, 15) is 4.79 Å². The Labute approximate surface area is 117 Å². The number of nitriles is 1. The highest BCUT2D eigenvalue weighted by atomic mass is 35.5. The summed E-state index contributed by atoms with van der Waals surface area (Å²) in [5.74, 6) is -0.0792. The zero-order valence-electron chi connectivity index (χ0n) is 10.8. The molecular formula is C14H16ClN3O. The number of halogens is 1. The SMILES string of the molecule is CCC1(C(=O)Nc2cc(C#N)ccc2Cl)CCCN1. The van der Waals surface area contributed by atoms with Crippen molar-refractivity contribution in [3.63, 3.8) is 0 Å². The number of amides is 1. The third kappa shape index (κ3) is 2.73. The molecule has 1 aliphatic rings. The Hall–Kier alpha value is -1.57. The molecule has 1 aliphatic heterocycles. The molecule has 1 unspecified atom stereocenters. The minimum absolute atomic E-state index is 0.0792. The minimum atomic E-state index is -0.508. The summed E-state index contributed by atoms with van der Waals surface area (Å²) in [7, 11) is 0. The van der Waals surface area contributed by atoms with Crippen molar-refractivity contribution >= 4 is 23.2 Å². The summed E-state index contributed by atoms with van der Waals surface area (Å²) >= 11 is 6.05. The van der Waals surface area contributed by atoms with E-state index in [1.165, 1.54) is 0 Å². The van der Waals surface area contributed by atoms with Crippen molar-refractivity contribution in [2.45, 2.75) is 31.7 Å². The number of nitrogens with one attached hydrogen (secondary N) is 2. The molecule has 0 spiro atoms. The molecule has 1 fully saturated rings. The molecule has 1 aromatic carbocycles. The summed E-state index contributed by atoms with van der Waals surface area (Å²) in [5, 5.41) is 15.4. The summed E-state index contributed by atoms with van der Waals surface area (Å²) in [6, 6.07) is 6.88. The standard InChI is InChI=1S/C14H16ClN3O/c1-2-14(6-3-7-17-14)13(19)18-12-8-10(9-16)4-5-11(12)15/h4-5,8,17H,2-3,6-7H2,1H3,(H,18,19). The van der Waals surface area contributed by atoms with Crippen LogP contribution in [0.5, 0.6) is 0 Å². The highest BCUT2D eigenvalue weighted by molar-refractivity contribution is 6.33. The Balaban J connectivity index is 2.21. The summed E-state index contributed by atoms with van der Waals surface area (Å²) in [6.07, 6.45) is 2.55. The first-order valence-corrected chi connectivity index (χ1v) is 6.75. The van der Waals surface area contributed by atoms with E-state index in [1.807, 2.05) is 13.0 Å². The second kappa shape index (κ2) is 5.60. The van der Waals surface area contributed by atoms with Gasteiger partial charge in [-0.3, -0.25) is 4.79 Å². The van der Waals surface area contributed by atoms with Crippen molar-refractivity contribution in [1.29, 1.82) is 5.26 Å². The Kier molecular flexibility index (Phi) is 4.08. The Bertz CT molecular complexity index is 530. The topological polar surface area (TPSA) is 64.9 Å². The molecule has 100 valence electrons. The maximum atomic E-state index is 12.4. The third-order valence-corrected chi connectivity index (χ3v) is 3.96. The molecule has 1 atom stereocenters. The van der Waals surface area contributed by atoms with Gasteiger partial charge in [0.1, 0.15) is 0 Å². The van der Waals surface area contributed by atoms with Crippen LogP contribution in [0.2, 0.25) is 5.02 Å². The maximum Gasteiger partial charge on any atom is 0.244 e. The van der Waals surface area contributed by atoms with Gasteiger partial charge in [0.05, 0.1) is 27.9 Å². The molecule has 1 saturated heterocycles. The molecule has 1 heterocycles. The lowest BCUT2D eigenvalue weighted by atomic mass is 9.93. The smallest absolute Gasteiger partial charge is 0.244 e. The molecule has 0 aromatic heterocycles. The molecule has 2 N–H and O–H groups in total. The summed E-state index contributed by atoms with van der Waals surface area (Å²) in [4.78, 5) is 12.4. The second-order valence-corrected chi connectivity index (χ2v) is 5.13. The van der Waals surface area contributed by atoms with E-state index in [4.69, 9.17) is 16.9 Å². The number of carbonyl (C=O) groups excluding carboxylic acids is 1. The molecule has 0 radical (unpaired) electrons. The van der Waals surface area contributed by atoms with E-state index >= 15 is 0 Å². The lowest BCUT2D eigenvalue weighted by Crippen LogP contribution is -2.50. The first kappa shape index (κ1) is 13.9. The van der Waals surface area contributed by atoms with Gasteiger partial charge < -0.3 is 10.6 Å². The molecule has 0 saturated carbocycles. The first-order valence-electron chi connectivity index (χ1n) is 6.37. The molecule has 2 rings (SSSR count). The molecule has 5 heteroatoms. The quantitative estimate of drug-likeness (QED) is 0.893. The lowest BCUT2D eigenvalue weighted by Gasteiger charge is -2.26. The maximum absolute atomic E-state index is 12.4. The van der Waals surface area contributed by atoms with Gasteiger partial charge in [-0.15, -0.1) is 0 Å². The number of rotatable bonds is 3. The van der Waals surface area contributed by atoms with E-state index in [0.717, 1.165) is 25.8 Å². The van der Waals surface area contributed by atoms with E-state index in [1.54, 1.807) is 18.2 Å². The van der Waals surface area contributed by atoms with Crippen LogP contribution in [0.4, 0.5) is 5.69 Å². The van der Waals surface area contributed by atoms with Gasteiger partial charge in [0.2, 0.25) is 5.91 Å². The van der Waals surface area contributed by atoms with Crippen LogP contribution in [0.15, 0.2) is 18.2 Å². The van der Waals surface area contributed by atoms with Gasteiger partial charge in [0.25, 0.3) is 0 Å². The molecule has 4 nitrogen and oxygen atoms in total. The van der Waals surface area contributed by atoms with E-state index in [2.05, 4.69) is 10.6 Å². The highest BCUT2D eigenvalue weighted by Gasteiger charge is 2.39. The van der Waals surface area contributed by atoms with Crippen molar-refractivity contribution < 1.29 is 4.79 Å². The summed E-state index contributed by atoms with van der Waals surface area (Å²) < 4.78 is 0. The predicted octanol–water partition coefficient (Wildman–Crippen LogP) is 2.68. The fraction of sp³-hybridized carbons (Fsp3) is 0.429. The van der Waals surface area contributed by atoms with Crippen molar-refractivity contribution in [3.05, 3.63) is 28.8 Å². The van der Waals surface area contributed by atoms with Gasteiger partial charge in [-0.1, -0.05) is 18.5 Å². The van der Waals surface area contributed by atoms with Crippen molar-refractivity contribution in [3.8, 4) is 6.07 Å². The van der Waals surface area contributed by atoms with Crippen molar-refractivity contribution in [1.82, 2.24) is 5.32 Å². The molecule has 0 bridgehead atoms. The number of benzene rings is 1. The Morgan fingerprint density at radius 3 is 3.00 bits per heavy atom. The van der Waals surface area contributed by atoms with Gasteiger partial charge in [0, 0.05) is 0 Å². The van der Waals surface area contributed by atoms with Crippen LogP contribution in [0.3, 0.4) is 0 Å². The largest absolute Gasteiger partial charge is 0.323 e.